The molecule has 3 atom stereocenters. The van der Waals surface area contributed by atoms with Gasteiger partial charge in [-0.2, -0.15) is 0 Å². The smallest absolute Gasteiger partial charge is 0.407 e. The molecule has 0 radical (unpaired) electrons. The summed E-state index contributed by atoms with van der Waals surface area (Å²) in [5.41, 5.74) is 7.33. The molecule has 0 aromatic carbocycles. The number of hydrogen-bond acceptors (Lipinski definition) is 10. The minimum absolute atomic E-state index is 0. The Kier molecular flexibility index (Phi) is 21.9. The summed E-state index contributed by atoms with van der Waals surface area (Å²) < 4.78 is 10.4. The van der Waals surface area contributed by atoms with Gasteiger partial charge in [0, 0.05) is 75.4 Å². The number of pyridine rings is 2. The molecule has 5 N–H and O–H groups in total. The van der Waals surface area contributed by atoms with E-state index in [1.54, 1.807) is 0 Å². The van der Waals surface area contributed by atoms with Crippen LogP contribution in [0.1, 0.15) is 80.1 Å². The molecule has 0 bridgehead atoms. The van der Waals surface area contributed by atoms with E-state index in [4.69, 9.17) is 15.2 Å². The van der Waals surface area contributed by atoms with E-state index >= 15 is 0 Å². The molecule has 52 heavy (non-hydrogen) atoms. The van der Waals surface area contributed by atoms with Gasteiger partial charge in [-0.05, 0) is 142 Å². The second kappa shape index (κ2) is 24.3. The molecule has 2 aromatic heterocycles. The summed E-state index contributed by atoms with van der Waals surface area (Å²) in [5.74, 6) is 1.67. The van der Waals surface area contributed by atoms with Crippen molar-refractivity contribution in [1.82, 2.24) is 25.9 Å². The molecule has 3 fully saturated rings. The standard InChI is InChI=1S/C16H25N3O2.C11H17N3.C11H22N2O2.2ClH/c1-16(2,3)21-15(20)18-11-13-5-4-10-19(12-13)14-6-8-17-9-7-14;12-8-10-2-1-7-14(9-10)11-3-5-13-6-4-11;1-11(2,3)15-10(14)13-8-9-5-4-6-12-7-9;;/h6-9,13H,4-5,10-12H2,1-3H3,(H,18,20);3-6,10H,1-2,7-9,12H2;9,12H,4-8H2,1-3H3,(H,13,14);2*1H. The van der Waals surface area contributed by atoms with Gasteiger partial charge < -0.3 is 41.0 Å². The Labute approximate surface area is 325 Å². The summed E-state index contributed by atoms with van der Waals surface area (Å²) in [6, 6.07) is 8.20. The van der Waals surface area contributed by atoms with Gasteiger partial charge in [-0.15, -0.1) is 24.8 Å². The van der Waals surface area contributed by atoms with Crippen LogP contribution in [0, 0.1) is 17.8 Å². The fourth-order valence-corrected chi connectivity index (χ4v) is 6.25. The van der Waals surface area contributed by atoms with Gasteiger partial charge in [-0.25, -0.2) is 9.59 Å². The van der Waals surface area contributed by atoms with E-state index in [2.05, 4.69) is 47.9 Å². The van der Waals surface area contributed by atoms with Crippen LogP contribution in [0.15, 0.2) is 49.1 Å². The largest absolute Gasteiger partial charge is 0.444 e. The second-order valence-electron chi connectivity index (χ2n) is 15.5. The predicted molar refractivity (Wildman–Crippen MR) is 216 cm³/mol. The zero-order valence-corrected chi connectivity index (χ0v) is 33.9. The minimum Gasteiger partial charge on any atom is -0.444 e. The number of amides is 2. The molecule has 3 aliphatic heterocycles. The number of rotatable bonds is 7. The molecule has 2 amide bonds. The lowest BCUT2D eigenvalue weighted by atomic mass is 9.97. The maximum Gasteiger partial charge on any atom is 0.407 e. The van der Waals surface area contributed by atoms with Crippen LogP contribution in [0.3, 0.4) is 0 Å². The first-order chi connectivity index (χ1) is 23.8. The van der Waals surface area contributed by atoms with E-state index in [1.165, 1.54) is 37.1 Å². The van der Waals surface area contributed by atoms with Gasteiger partial charge in [-0.3, -0.25) is 9.97 Å². The van der Waals surface area contributed by atoms with Crippen LogP contribution in [-0.4, -0.2) is 92.3 Å². The molecule has 12 nitrogen and oxygen atoms in total. The third-order valence-corrected chi connectivity index (χ3v) is 8.69. The molecule has 0 aliphatic carbocycles. The van der Waals surface area contributed by atoms with Crippen molar-refractivity contribution in [2.45, 2.75) is 91.3 Å². The molecular formula is C38H66Cl2N8O4. The Morgan fingerprint density at radius 3 is 1.58 bits per heavy atom. The molecule has 2 aromatic rings. The topological polar surface area (TPSA) is 147 Å². The maximum atomic E-state index is 11.7. The van der Waals surface area contributed by atoms with Crippen molar-refractivity contribution < 1.29 is 19.1 Å². The van der Waals surface area contributed by atoms with E-state index in [-0.39, 0.29) is 37.0 Å². The predicted octanol–water partition coefficient (Wildman–Crippen LogP) is 6.43. The Morgan fingerprint density at radius 2 is 1.15 bits per heavy atom. The molecule has 14 heteroatoms. The van der Waals surface area contributed by atoms with E-state index < -0.39 is 11.2 Å². The van der Waals surface area contributed by atoms with Crippen molar-refractivity contribution in [3.8, 4) is 0 Å². The number of ether oxygens (including phenoxy) is 2. The number of hydrogen-bond donors (Lipinski definition) is 4. The monoisotopic (exact) mass is 768 g/mol. The Morgan fingerprint density at radius 1 is 0.731 bits per heavy atom. The molecule has 3 saturated heterocycles. The van der Waals surface area contributed by atoms with Crippen LogP contribution in [0.5, 0.6) is 0 Å². The van der Waals surface area contributed by atoms with Gasteiger partial charge in [0.25, 0.3) is 0 Å². The number of nitrogens with two attached hydrogens (primary N) is 1. The molecule has 0 spiro atoms. The Hall–Kier alpha value is -3.06. The number of aromatic nitrogens is 2. The summed E-state index contributed by atoms with van der Waals surface area (Å²) in [7, 11) is 0. The van der Waals surface area contributed by atoms with Crippen LogP contribution in [0.2, 0.25) is 0 Å². The molecule has 3 unspecified atom stereocenters. The average Bonchev–Trinajstić information content (AvgIpc) is 3.10. The van der Waals surface area contributed by atoms with Gasteiger partial charge in [0.2, 0.25) is 0 Å². The molecule has 0 saturated carbocycles. The van der Waals surface area contributed by atoms with Gasteiger partial charge in [-0.1, -0.05) is 0 Å². The third kappa shape index (κ3) is 19.7. The fraction of sp³-hybridized carbons (Fsp3) is 0.684. The first kappa shape index (κ1) is 47.0. The Bertz CT molecular complexity index is 1250. The maximum absolute atomic E-state index is 11.7. The third-order valence-electron chi connectivity index (χ3n) is 8.69. The molecule has 3 aliphatic rings. The number of nitrogens with zero attached hydrogens (tertiary/aromatic N) is 4. The average molecular weight is 770 g/mol. The lowest BCUT2D eigenvalue weighted by molar-refractivity contribution is 0.0506. The highest BCUT2D eigenvalue weighted by Crippen LogP contribution is 2.23. The minimum atomic E-state index is -0.445. The van der Waals surface area contributed by atoms with Gasteiger partial charge in [0.1, 0.15) is 11.2 Å². The van der Waals surface area contributed by atoms with Crippen LogP contribution in [-0.2, 0) is 9.47 Å². The first-order valence-corrected chi connectivity index (χ1v) is 18.5. The fourth-order valence-electron chi connectivity index (χ4n) is 6.25. The number of carbonyl (C=O) groups excluding carboxylic acids is 2. The van der Waals surface area contributed by atoms with E-state index in [0.717, 1.165) is 58.7 Å². The summed E-state index contributed by atoms with van der Waals surface area (Å²) in [5, 5.41) is 9.00. The van der Waals surface area contributed by atoms with Crippen LogP contribution >= 0.6 is 24.8 Å². The van der Waals surface area contributed by atoms with Crippen LogP contribution in [0.4, 0.5) is 21.0 Å². The summed E-state index contributed by atoms with van der Waals surface area (Å²) in [6.45, 7) is 19.8. The molecule has 296 valence electrons. The second-order valence-corrected chi connectivity index (χ2v) is 15.5. The van der Waals surface area contributed by atoms with Crippen molar-refractivity contribution in [3.63, 3.8) is 0 Å². The lowest BCUT2D eigenvalue weighted by Crippen LogP contribution is -2.42. The van der Waals surface area contributed by atoms with Crippen molar-refractivity contribution in [2.24, 2.45) is 23.5 Å². The lowest BCUT2D eigenvalue weighted by Gasteiger charge is -2.34. The number of carbonyl (C=O) groups is 2. The van der Waals surface area contributed by atoms with Gasteiger partial charge >= 0.3 is 12.2 Å². The number of alkyl carbamates (subject to hydrolysis) is 2. The van der Waals surface area contributed by atoms with Crippen molar-refractivity contribution >= 4 is 48.4 Å². The van der Waals surface area contributed by atoms with Crippen molar-refractivity contribution in [1.29, 1.82) is 0 Å². The summed E-state index contributed by atoms with van der Waals surface area (Å²) in [6.07, 6.45) is 13.9. The molecule has 5 rings (SSSR count). The number of nitrogens with one attached hydrogen (secondary N) is 3. The van der Waals surface area contributed by atoms with Gasteiger partial charge in [0.05, 0.1) is 0 Å². The SMILES string of the molecule is CC(C)(C)OC(=O)NCC1CCCN(c2ccncc2)C1.CC(C)(C)OC(=O)NCC1CCCNC1.Cl.Cl.NCC1CCCN(c2ccncc2)C1. The normalized spacial score (nSPS) is 20.2. The number of anilines is 2. The van der Waals surface area contributed by atoms with E-state index in [0.29, 0.717) is 30.8 Å². The van der Waals surface area contributed by atoms with E-state index in [1.807, 2.05) is 78.5 Å². The summed E-state index contributed by atoms with van der Waals surface area (Å²) >= 11 is 0. The summed E-state index contributed by atoms with van der Waals surface area (Å²) in [4.78, 5) is 35.9. The molecular weight excluding hydrogens is 703 g/mol. The van der Waals surface area contributed by atoms with Gasteiger partial charge in [0.15, 0.2) is 0 Å². The van der Waals surface area contributed by atoms with E-state index in [9.17, 15) is 9.59 Å². The first-order valence-electron chi connectivity index (χ1n) is 18.5. The van der Waals surface area contributed by atoms with Crippen molar-refractivity contribution in [3.05, 3.63) is 49.1 Å². The number of halogens is 2. The highest BCUT2D eigenvalue weighted by Gasteiger charge is 2.23. The zero-order chi connectivity index (χ0) is 36.4. The quantitative estimate of drug-likeness (QED) is 0.249. The van der Waals surface area contributed by atoms with Crippen LogP contribution in [0.25, 0.3) is 0 Å². The molecule has 5 heterocycles. The zero-order valence-electron chi connectivity index (χ0n) is 32.3. The van der Waals surface area contributed by atoms with Crippen molar-refractivity contribution in [2.75, 3.05) is 68.7 Å². The highest BCUT2D eigenvalue weighted by atomic mass is 35.5. The van der Waals surface area contributed by atoms with Crippen LogP contribution < -0.4 is 31.5 Å². The Balaban J connectivity index is 0.000000393. The number of piperidine rings is 3. The highest BCUT2D eigenvalue weighted by molar-refractivity contribution is 5.85.